The summed E-state index contributed by atoms with van der Waals surface area (Å²) in [5.41, 5.74) is -4.33. The van der Waals surface area contributed by atoms with Crippen LogP contribution in [0.3, 0.4) is 0 Å². The molecule has 1 fully saturated rings. The Morgan fingerprint density at radius 3 is 2.65 bits per heavy atom. The first-order valence-electron chi connectivity index (χ1n) is 5.77. The monoisotopic (exact) mass is 304 g/mol. The van der Waals surface area contributed by atoms with Gasteiger partial charge < -0.3 is 10.6 Å². The zero-order valence-electron chi connectivity index (χ0n) is 10.2. The molecule has 1 aliphatic rings. The van der Waals surface area contributed by atoms with E-state index in [-0.39, 0.29) is 41.2 Å². The molecule has 108 valence electrons. The molecule has 0 radical (unpaired) electrons. The SMILES string of the molecule is O=C1CC(C(=O)Nc2ccccc2SC(F)(F)F)CN1. The summed E-state index contributed by atoms with van der Waals surface area (Å²) in [5, 5.41) is 4.95. The Labute approximate surface area is 117 Å². The molecule has 0 aliphatic carbocycles. The van der Waals surface area contributed by atoms with Gasteiger partial charge in [-0.1, -0.05) is 12.1 Å². The van der Waals surface area contributed by atoms with Gasteiger partial charge in [-0.25, -0.2) is 0 Å². The number of benzene rings is 1. The van der Waals surface area contributed by atoms with Gasteiger partial charge >= 0.3 is 5.51 Å². The van der Waals surface area contributed by atoms with Gasteiger partial charge in [-0.05, 0) is 23.9 Å². The number of hydrogen-bond acceptors (Lipinski definition) is 3. The lowest BCUT2D eigenvalue weighted by atomic mass is 10.1. The van der Waals surface area contributed by atoms with Gasteiger partial charge in [-0.3, -0.25) is 9.59 Å². The van der Waals surface area contributed by atoms with Crippen LogP contribution >= 0.6 is 11.8 Å². The van der Waals surface area contributed by atoms with E-state index in [2.05, 4.69) is 10.6 Å². The fourth-order valence-corrected chi connectivity index (χ4v) is 2.43. The molecule has 2 rings (SSSR count). The van der Waals surface area contributed by atoms with Crippen molar-refractivity contribution in [3.63, 3.8) is 0 Å². The van der Waals surface area contributed by atoms with Crippen molar-refractivity contribution in [2.24, 2.45) is 5.92 Å². The van der Waals surface area contributed by atoms with E-state index in [0.717, 1.165) is 0 Å². The number of alkyl halides is 3. The van der Waals surface area contributed by atoms with E-state index < -0.39 is 17.3 Å². The van der Waals surface area contributed by atoms with Crippen molar-refractivity contribution in [3.05, 3.63) is 24.3 Å². The molecule has 1 saturated heterocycles. The number of thioether (sulfide) groups is 1. The lowest BCUT2D eigenvalue weighted by molar-refractivity contribution is -0.123. The summed E-state index contributed by atoms with van der Waals surface area (Å²) >= 11 is -0.285. The first kappa shape index (κ1) is 14.7. The fourth-order valence-electron chi connectivity index (χ4n) is 1.81. The summed E-state index contributed by atoms with van der Waals surface area (Å²) < 4.78 is 37.2. The lowest BCUT2D eigenvalue weighted by Gasteiger charge is -2.13. The number of carbonyl (C=O) groups excluding carboxylic acids is 2. The fraction of sp³-hybridized carbons (Fsp3) is 0.333. The quantitative estimate of drug-likeness (QED) is 0.843. The molecule has 1 atom stereocenters. The van der Waals surface area contributed by atoms with Crippen LogP contribution in [0.2, 0.25) is 0 Å². The van der Waals surface area contributed by atoms with Gasteiger partial charge in [-0.2, -0.15) is 13.2 Å². The van der Waals surface area contributed by atoms with E-state index in [9.17, 15) is 22.8 Å². The number of amides is 2. The van der Waals surface area contributed by atoms with Crippen molar-refractivity contribution in [1.29, 1.82) is 0 Å². The Bertz CT molecular complexity index is 534. The molecular weight excluding hydrogens is 293 g/mol. The molecular formula is C12H11F3N2O2S. The standard InChI is InChI=1S/C12H11F3N2O2S/c13-12(14,15)20-9-4-2-1-3-8(9)17-11(19)7-5-10(18)16-6-7/h1-4,7H,5-6H2,(H,16,18)(H,17,19). The first-order valence-corrected chi connectivity index (χ1v) is 6.59. The molecule has 8 heteroatoms. The van der Waals surface area contributed by atoms with Crippen molar-refractivity contribution in [3.8, 4) is 0 Å². The second kappa shape index (κ2) is 5.74. The van der Waals surface area contributed by atoms with Gasteiger partial charge in [0.15, 0.2) is 0 Å². The van der Waals surface area contributed by atoms with Gasteiger partial charge in [0.25, 0.3) is 0 Å². The Morgan fingerprint density at radius 2 is 2.05 bits per heavy atom. The molecule has 1 unspecified atom stereocenters. The van der Waals surface area contributed by atoms with E-state index in [0.29, 0.717) is 0 Å². The predicted molar refractivity (Wildman–Crippen MR) is 68.1 cm³/mol. The third-order valence-electron chi connectivity index (χ3n) is 2.72. The predicted octanol–water partition coefficient (Wildman–Crippen LogP) is 2.37. The number of anilines is 1. The highest BCUT2D eigenvalue weighted by atomic mass is 32.2. The summed E-state index contributed by atoms with van der Waals surface area (Å²) in [6, 6.07) is 5.68. The molecule has 20 heavy (non-hydrogen) atoms. The number of nitrogens with one attached hydrogen (secondary N) is 2. The Balaban J connectivity index is 2.09. The topological polar surface area (TPSA) is 58.2 Å². The molecule has 1 aromatic rings. The second-order valence-electron chi connectivity index (χ2n) is 4.24. The molecule has 0 aromatic heterocycles. The molecule has 0 bridgehead atoms. The molecule has 1 aromatic carbocycles. The largest absolute Gasteiger partial charge is 0.446 e. The maximum Gasteiger partial charge on any atom is 0.446 e. The van der Waals surface area contributed by atoms with Gasteiger partial charge in [0.05, 0.1) is 11.6 Å². The highest BCUT2D eigenvalue weighted by Gasteiger charge is 2.32. The summed E-state index contributed by atoms with van der Waals surface area (Å²) in [7, 11) is 0. The van der Waals surface area contributed by atoms with Crippen molar-refractivity contribution < 1.29 is 22.8 Å². The van der Waals surface area contributed by atoms with Crippen molar-refractivity contribution in [1.82, 2.24) is 5.32 Å². The van der Waals surface area contributed by atoms with Crippen molar-refractivity contribution in [2.45, 2.75) is 16.8 Å². The van der Waals surface area contributed by atoms with Crippen LogP contribution in [0.1, 0.15) is 6.42 Å². The zero-order valence-corrected chi connectivity index (χ0v) is 11.0. The van der Waals surface area contributed by atoms with Gasteiger partial charge in [0.1, 0.15) is 0 Å². The number of halogens is 3. The third-order valence-corrected chi connectivity index (χ3v) is 3.53. The van der Waals surface area contributed by atoms with E-state index in [4.69, 9.17) is 0 Å². The minimum atomic E-state index is -4.42. The molecule has 1 aliphatic heterocycles. The smallest absolute Gasteiger partial charge is 0.355 e. The van der Waals surface area contributed by atoms with E-state index in [1.165, 1.54) is 24.3 Å². The lowest BCUT2D eigenvalue weighted by Crippen LogP contribution is -2.25. The molecule has 0 saturated carbocycles. The van der Waals surface area contributed by atoms with Crippen LogP contribution in [-0.4, -0.2) is 23.9 Å². The maximum atomic E-state index is 12.4. The average Bonchev–Trinajstić information content (AvgIpc) is 2.77. The van der Waals surface area contributed by atoms with Crippen LogP contribution in [0.25, 0.3) is 0 Å². The van der Waals surface area contributed by atoms with Crippen molar-refractivity contribution >= 4 is 29.3 Å². The van der Waals surface area contributed by atoms with Crippen LogP contribution in [0.5, 0.6) is 0 Å². The van der Waals surface area contributed by atoms with Crippen LogP contribution < -0.4 is 10.6 Å². The minimum absolute atomic E-state index is 0.0560. The molecule has 2 N–H and O–H groups in total. The van der Waals surface area contributed by atoms with E-state index in [1.807, 2.05) is 0 Å². The molecule has 2 amide bonds. The highest BCUT2D eigenvalue weighted by molar-refractivity contribution is 8.00. The summed E-state index contributed by atoms with van der Waals surface area (Å²) in [5.74, 6) is -1.24. The van der Waals surface area contributed by atoms with Crippen LogP contribution in [0.4, 0.5) is 18.9 Å². The second-order valence-corrected chi connectivity index (χ2v) is 5.35. The molecule has 0 spiro atoms. The minimum Gasteiger partial charge on any atom is -0.355 e. The Hall–Kier alpha value is -1.70. The first-order chi connectivity index (χ1) is 9.35. The van der Waals surface area contributed by atoms with Crippen LogP contribution in [0.15, 0.2) is 29.2 Å². The van der Waals surface area contributed by atoms with Crippen LogP contribution in [0, 0.1) is 5.92 Å². The molecule has 4 nitrogen and oxygen atoms in total. The summed E-state index contributed by atoms with van der Waals surface area (Å²) in [6.45, 7) is 0.208. The number of carbonyl (C=O) groups is 2. The average molecular weight is 304 g/mol. The summed E-state index contributed by atoms with van der Waals surface area (Å²) in [6.07, 6.45) is 0.0560. The number of hydrogen-bond donors (Lipinski definition) is 2. The Morgan fingerprint density at radius 1 is 1.35 bits per heavy atom. The zero-order chi connectivity index (χ0) is 14.8. The highest BCUT2D eigenvalue weighted by Crippen LogP contribution is 2.40. The Kier molecular flexibility index (Phi) is 4.22. The summed E-state index contributed by atoms with van der Waals surface area (Å²) in [4.78, 5) is 22.8. The number of rotatable bonds is 3. The normalized spacial score (nSPS) is 18.8. The van der Waals surface area contributed by atoms with E-state index in [1.54, 1.807) is 0 Å². The van der Waals surface area contributed by atoms with Crippen molar-refractivity contribution in [2.75, 3.05) is 11.9 Å². The van der Waals surface area contributed by atoms with Gasteiger partial charge in [0, 0.05) is 17.9 Å². The third kappa shape index (κ3) is 3.89. The van der Waals surface area contributed by atoms with E-state index >= 15 is 0 Å². The van der Waals surface area contributed by atoms with Gasteiger partial charge in [-0.15, -0.1) is 0 Å². The molecule has 1 heterocycles. The maximum absolute atomic E-state index is 12.4. The number of para-hydroxylation sites is 1. The van der Waals surface area contributed by atoms with Crippen LogP contribution in [-0.2, 0) is 9.59 Å². The van der Waals surface area contributed by atoms with Gasteiger partial charge in [0.2, 0.25) is 11.8 Å².